The van der Waals surface area contributed by atoms with Crippen LogP contribution in [0, 0.1) is 0 Å². The molecule has 0 spiro atoms. The third-order valence-electron chi connectivity index (χ3n) is 17.9. The minimum Gasteiger partial charge on any atom is -0.335 e. The standard InChI is InChI=1S/C72H57BN4/c1-71-43-19-20-44-72(71,2)77-68-49-60(75(56-30-11-5-12-31-56)65-38-18-17-35-61(65)51-24-7-3-8-25-51)48-67-69(68)73(64-37-22-36-62(71)70(64)77)63-42-41-59(47-66(63)76(67)57-32-13-6-14-33-57)74(55-28-9-4-10-29-55)58-34-21-27-53(46-58)54-40-39-50-23-15-16-26-52(50)45-54/h3-18,21-42,45-49H,19-20,43-44H2,1-2H3. The highest BCUT2D eigenvalue weighted by molar-refractivity contribution is 7.00. The number of para-hydroxylation sites is 5. The minimum absolute atomic E-state index is 0.0141. The molecule has 2 atom stereocenters. The number of anilines is 11. The molecular weight excluding hydrogens is 932 g/mol. The van der Waals surface area contributed by atoms with Crippen molar-refractivity contribution in [1.82, 2.24) is 0 Å². The molecule has 368 valence electrons. The van der Waals surface area contributed by atoms with Crippen molar-refractivity contribution in [2.24, 2.45) is 0 Å². The van der Waals surface area contributed by atoms with Gasteiger partial charge in [-0.25, -0.2) is 0 Å². The van der Waals surface area contributed by atoms with Gasteiger partial charge in [0.15, 0.2) is 0 Å². The lowest BCUT2D eigenvalue weighted by molar-refractivity contribution is 0.195. The zero-order chi connectivity index (χ0) is 51.2. The Balaban J connectivity index is 1.00. The second kappa shape index (κ2) is 17.8. The summed E-state index contributed by atoms with van der Waals surface area (Å²) in [5.41, 5.74) is 23.0. The summed E-state index contributed by atoms with van der Waals surface area (Å²) in [6, 6.07) is 97.0. The maximum atomic E-state index is 2.85. The van der Waals surface area contributed by atoms with Crippen LogP contribution in [0.3, 0.4) is 0 Å². The molecule has 2 unspecified atom stereocenters. The Hall–Kier alpha value is -9.06. The summed E-state index contributed by atoms with van der Waals surface area (Å²) in [5, 5.41) is 2.48. The van der Waals surface area contributed by atoms with Crippen LogP contribution in [-0.2, 0) is 5.41 Å². The van der Waals surface area contributed by atoms with E-state index in [0.717, 1.165) is 52.7 Å². The predicted molar refractivity (Wildman–Crippen MR) is 326 cm³/mol. The first-order chi connectivity index (χ1) is 37.9. The number of rotatable bonds is 9. The molecule has 0 amide bonds. The van der Waals surface area contributed by atoms with Gasteiger partial charge in [0.25, 0.3) is 6.71 Å². The summed E-state index contributed by atoms with van der Waals surface area (Å²) >= 11 is 0. The smallest absolute Gasteiger partial charge is 0.252 e. The third kappa shape index (κ3) is 6.99. The van der Waals surface area contributed by atoms with Crippen molar-refractivity contribution < 1.29 is 0 Å². The number of benzene rings is 11. The van der Waals surface area contributed by atoms with Gasteiger partial charge in [-0.2, -0.15) is 0 Å². The number of fused-ring (bicyclic) bond motifs is 8. The van der Waals surface area contributed by atoms with E-state index in [4.69, 9.17) is 0 Å². The lowest BCUT2D eigenvalue weighted by atomic mass is 9.33. The molecule has 3 heterocycles. The summed E-state index contributed by atoms with van der Waals surface area (Å²) in [5.74, 6) is 0. The van der Waals surface area contributed by atoms with Gasteiger partial charge in [-0.3, -0.25) is 0 Å². The molecule has 1 aliphatic carbocycles. The van der Waals surface area contributed by atoms with E-state index < -0.39 is 0 Å². The van der Waals surface area contributed by atoms with Gasteiger partial charge in [-0.05, 0) is 154 Å². The number of hydrogen-bond donors (Lipinski definition) is 0. The minimum atomic E-state index is -0.139. The summed E-state index contributed by atoms with van der Waals surface area (Å²) in [6.45, 7) is 5.15. The van der Waals surface area contributed by atoms with E-state index in [2.05, 4.69) is 294 Å². The fourth-order valence-electron chi connectivity index (χ4n) is 14.1. The summed E-state index contributed by atoms with van der Waals surface area (Å²) in [7, 11) is 0. The number of hydrogen-bond acceptors (Lipinski definition) is 4. The Bertz CT molecular complexity index is 4070. The fourth-order valence-corrected chi connectivity index (χ4v) is 14.1. The Morgan fingerprint density at radius 1 is 0.403 bits per heavy atom. The molecular formula is C72H57BN4. The normalized spacial score (nSPS) is 17.6. The lowest BCUT2D eigenvalue weighted by Crippen LogP contribution is -2.64. The average molecular weight is 989 g/mol. The summed E-state index contributed by atoms with van der Waals surface area (Å²) in [4.78, 5) is 10.4. The van der Waals surface area contributed by atoms with E-state index in [-0.39, 0.29) is 17.7 Å². The largest absolute Gasteiger partial charge is 0.335 e. The van der Waals surface area contributed by atoms with Crippen LogP contribution in [0.4, 0.5) is 62.6 Å². The van der Waals surface area contributed by atoms with Crippen LogP contribution in [0.5, 0.6) is 0 Å². The highest BCUT2D eigenvalue weighted by atomic mass is 15.3. The maximum absolute atomic E-state index is 2.85. The maximum Gasteiger partial charge on any atom is 0.252 e. The zero-order valence-electron chi connectivity index (χ0n) is 43.5. The highest BCUT2D eigenvalue weighted by Gasteiger charge is 2.61. The quantitative estimate of drug-likeness (QED) is 0.134. The van der Waals surface area contributed by atoms with E-state index in [9.17, 15) is 0 Å². The molecule has 0 bridgehead atoms. The molecule has 3 aliphatic heterocycles. The van der Waals surface area contributed by atoms with Crippen LogP contribution in [0.2, 0.25) is 0 Å². The second-order valence-electron chi connectivity index (χ2n) is 22.0. The van der Waals surface area contributed by atoms with Crippen molar-refractivity contribution in [2.45, 2.75) is 50.5 Å². The highest BCUT2D eigenvalue weighted by Crippen LogP contribution is 2.62. The Labute approximate surface area is 452 Å². The molecule has 77 heavy (non-hydrogen) atoms. The molecule has 0 N–H and O–H groups in total. The van der Waals surface area contributed by atoms with Crippen LogP contribution in [0.25, 0.3) is 33.0 Å². The average Bonchev–Trinajstić information content (AvgIpc) is 4.00. The predicted octanol–water partition coefficient (Wildman–Crippen LogP) is 17.5. The Morgan fingerprint density at radius 2 is 1.00 bits per heavy atom. The molecule has 5 heteroatoms. The fraction of sp³-hybridized carbons (Fsp3) is 0.111. The van der Waals surface area contributed by atoms with Crippen molar-refractivity contribution in [2.75, 3.05) is 19.6 Å². The van der Waals surface area contributed by atoms with Crippen LogP contribution in [0.1, 0.15) is 45.1 Å². The van der Waals surface area contributed by atoms with E-state index in [1.807, 2.05) is 0 Å². The molecule has 0 saturated heterocycles. The third-order valence-corrected chi connectivity index (χ3v) is 17.9. The monoisotopic (exact) mass is 988 g/mol. The van der Waals surface area contributed by atoms with E-state index in [1.54, 1.807) is 0 Å². The van der Waals surface area contributed by atoms with Gasteiger partial charge in [0.05, 0.1) is 16.9 Å². The van der Waals surface area contributed by atoms with Crippen molar-refractivity contribution >= 4 is 96.4 Å². The van der Waals surface area contributed by atoms with Gasteiger partial charge in [0.2, 0.25) is 0 Å². The van der Waals surface area contributed by atoms with E-state index >= 15 is 0 Å². The molecule has 15 rings (SSSR count). The SMILES string of the molecule is CC12CCCCC1(C)N1c3cc(N(c4ccccc4)c4ccccc4-c4ccccc4)cc4c3B(c3ccc(N(c5ccccc5)c5cccc(-c6ccc7ccccc7c6)c5)cc3N4c3ccccc3)c3cccc2c31. The zero-order valence-corrected chi connectivity index (χ0v) is 43.5. The van der Waals surface area contributed by atoms with Gasteiger partial charge < -0.3 is 19.6 Å². The Kier molecular flexibility index (Phi) is 10.5. The first kappa shape index (κ1) is 45.3. The van der Waals surface area contributed by atoms with E-state index in [0.29, 0.717) is 0 Å². The molecule has 4 aliphatic rings. The topological polar surface area (TPSA) is 13.0 Å². The first-order valence-corrected chi connectivity index (χ1v) is 27.5. The Morgan fingerprint density at radius 3 is 1.79 bits per heavy atom. The van der Waals surface area contributed by atoms with Gasteiger partial charge in [-0.15, -0.1) is 0 Å². The van der Waals surface area contributed by atoms with Gasteiger partial charge in [-0.1, -0.05) is 196 Å². The molecule has 4 nitrogen and oxygen atoms in total. The molecule has 11 aromatic carbocycles. The lowest BCUT2D eigenvalue weighted by Gasteiger charge is -2.53. The molecule has 1 saturated carbocycles. The van der Waals surface area contributed by atoms with Crippen molar-refractivity contribution in [3.63, 3.8) is 0 Å². The van der Waals surface area contributed by atoms with Crippen LogP contribution >= 0.6 is 0 Å². The first-order valence-electron chi connectivity index (χ1n) is 27.5. The van der Waals surface area contributed by atoms with Crippen LogP contribution in [0.15, 0.2) is 261 Å². The molecule has 0 aromatic heterocycles. The summed E-state index contributed by atoms with van der Waals surface area (Å²) < 4.78 is 0. The van der Waals surface area contributed by atoms with E-state index in [1.165, 1.54) is 90.6 Å². The second-order valence-corrected chi connectivity index (χ2v) is 22.0. The van der Waals surface area contributed by atoms with Crippen LogP contribution < -0.4 is 36.0 Å². The molecule has 11 aromatic rings. The molecule has 0 radical (unpaired) electrons. The van der Waals surface area contributed by atoms with Crippen molar-refractivity contribution in [3.8, 4) is 22.3 Å². The van der Waals surface area contributed by atoms with Crippen molar-refractivity contribution in [3.05, 3.63) is 266 Å². The van der Waals surface area contributed by atoms with Gasteiger partial charge >= 0.3 is 0 Å². The summed E-state index contributed by atoms with van der Waals surface area (Å²) in [6.07, 6.45) is 4.74. The number of nitrogens with zero attached hydrogens (tertiary/aromatic N) is 4. The van der Waals surface area contributed by atoms with Crippen molar-refractivity contribution in [1.29, 1.82) is 0 Å². The molecule has 1 fully saturated rings. The van der Waals surface area contributed by atoms with Gasteiger partial charge in [0.1, 0.15) is 0 Å². The van der Waals surface area contributed by atoms with Gasteiger partial charge in [0, 0.05) is 62.2 Å². The van der Waals surface area contributed by atoms with Crippen LogP contribution in [-0.4, -0.2) is 12.3 Å².